The van der Waals surface area contributed by atoms with Crippen molar-refractivity contribution in [2.45, 2.75) is 142 Å². The van der Waals surface area contributed by atoms with Crippen LogP contribution in [0, 0.1) is 5.41 Å². The van der Waals surface area contributed by atoms with Crippen LogP contribution in [-0.2, 0) is 9.47 Å². The van der Waals surface area contributed by atoms with Crippen LogP contribution < -0.4 is 9.47 Å². The largest absolute Gasteiger partial charge is 0.487 e. The second kappa shape index (κ2) is 23.6. The first kappa shape index (κ1) is 36.4. The van der Waals surface area contributed by atoms with Crippen LogP contribution in [0.3, 0.4) is 0 Å². The van der Waals surface area contributed by atoms with Gasteiger partial charge in [-0.3, -0.25) is 0 Å². The fraction of sp³-hybridized carbons (Fsp3) is 0.879. The summed E-state index contributed by atoms with van der Waals surface area (Å²) in [6.07, 6.45) is 26.7. The molecule has 234 valence electrons. The first-order chi connectivity index (χ1) is 19.6. The maximum atomic E-state index is 6.28. The zero-order chi connectivity index (χ0) is 28.7. The maximum Gasteiger partial charge on any atom is 0.187 e. The van der Waals surface area contributed by atoms with E-state index in [-0.39, 0.29) is 5.41 Å². The third-order valence-electron chi connectivity index (χ3n) is 7.89. The lowest BCUT2D eigenvalue weighted by Gasteiger charge is -2.30. The molecule has 2 heterocycles. The van der Waals surface area contributed by atoms with E-state index >= 15 is 0 Å². The van der Waals surface area contributed by atoms with Crippen LogP contribution in [0.1, 0.15) is 142 Å². The summed E-state index contributed by atoms with van der Waals surface area (Å²) in [5.41, 5.74) is -0.299. The lowest BCUT2D eigenvalue weighted by atomic mass is 9.92. The van der Waals surface area contributed by atoms with Crippen LogP contribution in [0.25, 0.3) is 0 Å². The molecule has 1 aromatic heterocycles. The second-order valence-corrected chi connectivity index (χ2v) is 15.5. The Morgan fingerprint density at radius 3 is 1.23 bits per heavy atom. The number of fused-ring (bicyclic) bond motifs is 1. The average molecular weight is 711 g/mol. The molecule has 0 saturated carbocycles. The van der Waals surface area contributed by atoms with E-state index in [1.165, 1.54) is 116 Å². The molecule has 0 spiro atoms. The Labute approximate surface area is 267 Å². The fourth-order valence-electron chi connectivity index (χ4n) is 5.26. The highest BCUT2D eigenvalue weighted by atomic mass is 79.9. The molecule has 4 nitrogen and oxygen atoms in total. The van der Waals surface area contributed by atoms with Crippen LogP contribution in [0.2, 0.25) is 0 Å². The fourth-order valence-corrected chi connectivity index (χ4v) is 8.11. The van der Waals surface area contributed by atoms with Gasteiger partial charge in [0.2, 0.25) is 0 Å². The van der Waals surface area contributed by atoms with Gasteiger partial charge in [-0.1, -0.05) is 129 Å². The van der Waals surface area contributed by atoms with E-state index in [9.17, 15) is 0 Å². The Bertz CT molecular complexity index is 684. The highest BCUT2D eigenvalue weighted by molar-refractivity contribution is 9.12. The van der Waals surface area contributed by atoms with Gasteiger partial charge in [-0.15, -0.1) is 11.3 Å². The van der Waals surface area contributed by atoms with Gasteiger partial charge in [-0.2, -0.15) is 0 Å². The molecule has 1 aliphatic heterocycles. The number of rotatable bonds is 26. The van der Waals surface area contributed by atoms with Gasteiger partial charge in [-0.05, 0) is 44.7 Å². The highest BCUT2D eigenvalue weighted by Gasteiger charge is 2.38. The number of ether oxygens (including phenoxy) is 4. The third kappa shape index (κ3) is 15.6. The molecule has 0 N–H and O–H groups in total. The third-order valence-corrected chi connectivity index (χ3v) is 10.3. The van der Waals surface area contributed by atoms with Crippen molar-refractivity contribution in [3.63, 3.8) is 0 Å². The first-order valence-corrected chi connectivity index (χ1v) is 18.9. The van der Waals surface area contributed by atoms with E-state index < -0.39 is 0 Å². The zero-order valence-corrected chi connectivity index (χ0v) is 29.7. The van der Waals surface area contributed by atoms with Crippen molar-refractivity contribution in [3.8, 4) is 11.5 Å². The number of thiophene rings is 1. The number of halogens is 2. The van der Waals surface area contributed by atoms with Gasteiger partial charge in [0, 0.05) is 13.2 Å². The summed E-state index contributed by atoms with van der Waals surface area (Å²) in [6.45, 7) is 8.44. The summed E-state index contributed by atoms with van der Waals surface area (Å²) in [5, 5.41) is 0. The van der Waals surface area contributed by atoms with Crippen molar-refractivity contribution in [2.75, 3.05) is 39.6 Å². The standard InChI is InChI=1S/C33H58Br2O4S/c1-3-5-7-9-11-13-15-17-19-21-23-36-25-33(27-38-29-30(39-28-33)32(35)40-31(29)34)26-37-24-22-20-18-16-14-12-10-8-6-4-2/h3-28H2,1-2H3. The summed E-state index contributed by atoms with van der Waals surface area (Å²) >= 11 is 8.84. The van der Waals surface area contributed by atoms with Crippen molar-refractivity contribution >= 4 is 43.2 Å². The van der Waals surface area contributed by atoms with Gasteiger partial charge in [0.15, 0.2) is 11.5 Å². The Kier molecular flexibility index (Phi) is 21.5. The molecular formula is C33H58Br2O4S. The molecule has 0 amide bonds. The summed E-state index contributed by atoms with van der Waals surface area (Å²) in [7, 11) is 0. The predicted molar refractivity (Wildman–Crippen MR) is 178 cm³/mol. The van der Waals surface area contributed by atoms with E-state index in [1.54, 1.807) is 11.3 Å². The molecule has 0 radical (unpaired) electrons. The lowest BCUT2D eigenvalue weighted by molar-refractivity contribution is -0.0606. The van der Waals surface area contributed by atoms with E-state index in [4.69, 9.17) is 18.9 Å². The molecule has 0 aliphatic carbocycles. The van der Waals surface area contributed by atoms with Gasteiger partial charge >= 0.3 is 0 Å². The van der Waals surface area contributed by atoms with Crippen molar-refractivity contribution in [3.05, 3.63) is 7.57 Å². The van der Waals surface area contributed by atoms with Gasteiger partial charge in [-0.25, -0.2) is 0 Å². The number of unbranched alkanes of at least 4 members (excludes halogenated alkanes) is 18. The van der Waals surface area contributed by atoms with E-state index in [0.29, 0.717) is 26.4 Å². The molecule has 1 aliphatic rings. The Morgan fingerprint density at radius 2 is 0.875 bits per heavy atom. The van der Waals surface area contributed by atoms with E-state index in [0.717, 1.165) is 45.1 Å². The molecule has 2 rings (SSSR count). The first-order valence-electron chi connectivity index (χ1n) is 16.5. The van der Waals surface area contributed by atoms with Crippen molar-refractivity contribution in [1.29, 1.82) is 0 Å². The quantitative estimate of drug-likeness (QED) is 0.0897. The van der Waals surface area contributed by atoms with E-state index in [2.05, 4.69) is 45.7 Å². The van der Waals surface area contributed by atoms with Crippen LogP contribution in [0.4, 0.5) is 0 Å². The maximum absolute atomic E-state index is 6.28. The van der Waals surface area contributed by atoms with Gasteiger partial charge < -0.3 is 18.9 Å². The minimum Gasteiger partial charge on any atom is -0.487 e. The molecule has 0 unspecified atom stereocenters. The molecule has 7 heteroatoms. The topological polar surface area (TPSA) is 36.9 Å². The molecule has 0 aromatic carbocycles. The monoisotopic (exact) mass is 708 g/mol. The summed E-state index contributed by atoms with van der Waals surface area (Å²) < 4.78 is 27.0. The van der Waals surface area contributed by atoms with Crippen molar-refractivity contribution in [2.24, 2.45) is 5.41 Å². The van der Waals surface area contributed by atoms with Crippen LogP contribution in [-0.4, -0.2) is 39.6 Å². The Morgan fingerprint density at radius 1 is 0.550 bits per heavy atom. The molecule has 0 bridgehead atoms. The lowest BCUT2D eigenvalue weighted by Crippen LogP contribution is -2.42. The summed E-state index contributed by atoms with van der Waals surface area (Å²) in [5.74, 6) is 1.59. The Balaban J connectivity index is 1.65. The van der Waals surface area contributed by atoms with E-state index in [1.807, 2.05) is 0 Å². The average Bonchev–Trinajstić information content (AvgIpc) is 3.10. The van der Waals surface area contributed by atoms with Crippen LogP contribution in [0.5, 0.6) is 11.5 Å². The molecule has 40 heavy (non-hydrogen) atoms. The highest BCUT2D eigenvalue weighted by Crippen LogP contribution is 2.50. The molecular weight excluding hydrogens is 652 g/mol. The minimum absolute atomic E-state index is 0.299. The normalized spacial score (nSPS) is 14.5. The van der Waals surface area contributed by atoms with Gasteiger partial charge in [0.05, 0.1) is 18.6 Å². The SMILES string of the molecule is CCCCCCCCCCCCOCC1(COCCCCCCCCCCCC)COc2c(Br)sc(Br)c2OC1. The minimum atomic E-state index is -0.299. The van der Waals surface area contributed by atoms with Gasteiger partial charge in [0.25, 0.3) is 0 Å². The Hall–Kier alpha value is 0.180. The van der Waals surface area contributed by atoms with Crippen molar-refractivity contribution < 1.29 is 18.9 Å². The zero-order valence-electron chi connectivity index (χ0n) is 25.7. The predicted octanol–water partition coefficient (Wildman–Crippen LogP) is 11.9. The van der Waals surface area contributed by atoms with Gasteiger partial charge in [0.1, 0.15) is 20.8 Å². The summed E-state index contributed by atoms with van der Waals surface area (Å²) in [4.78, 5) is 0. The number of hydrogen-bond donors (Lipinski definition) is 0. The molecule has 1 aromatic rings. The van der Waals surface area contributed by atoms with Crippen LogP contribution >= 0.6 is 43.2 Å². The number of hydrogen-bond acceptors (Lipinski definition) is 5. The van der Waals surface area contributed by atoms with Crippen molar-refractivity contribution in [1.82, 2.24) is 0 Å². The summed E-state index contributed by atoms with van der Waals surface area (Å²) in [6, 6.07) is 0. The molecule has 0 atom stereocenters. The molecule has 0 fully saturated rings. The smallest absolute Gasteiger partial charge is 0.187 e. The van der Waals surface area contributed by atoms with Crippen LogP contribution in [0.15, 0.2) is 7.57 Å². The second-order valence-electron chi connectivity index (χ2n) is 11.9. The molecule has 0 saturated heterocycles.